The molecule has 0 fully saturated rings. The molecule has 1 nitrogen and oxygen atoms in total. The van der Waals surface area contributed by atoms with Crippen molar-refractivity contribution in [2.45, 2.75) is 19.8 Å². The molecule has 0 aliphatic heterocycles. The summed E-state index contributed by atoms with van der Waals surface area (Å²) in [5, 5.41) is 8.52. The summed E-state index contributed by atoms with van der Waals surface area (Å²) in [5.41, 5.74) is 2.01. The van der Waals surface area contributed by atoms with Crippen LogP contribution in [0.15, 0.2) is 24.3 Å². The van der Waals surface area contributed by atoms with Gasteiger partial charge in [0.25, 0.3) is 0 Å². The van der Waals surface area contributed by atoms with Crippen LogP contribution in [-0.4, -0.2) is 25.8 Å². The zero-order valence-corrected chi connectivity index (χ0v) is 10.7. The standard InChI is InChI=1S/C10H11N.In/c1-8(2)10-5-3-9(7-11)4-6-10;/h3-6,8H,1-2H3;. The van der Waals surface area contributed by atoms with Gasteiger partial charge in [-0.05, 0) is 23.6 Å². The van der Waals surface area contributed by atoms with Crippen molar-refractivity contribution in [3.8, 4) is 6.07 Å². The van der Waals surface area contributed by atoms with Crippen LogP contribution in [0.3, 0.4) is 0 Å². The van der Waals surface area contributed by atoms with Crippen LogP contribution in [0.5, 0.6) is 0 Å². The predicted octanol–water partition coefficient (Wildman–Crippen LogP) is 2.30. The van der Waals surface area contributed by atoms with E-state index in [1.165, 1.54) is 5.56 Å². The van der Waals surface area contributed by atoms with Gasteiger partial charge in [-0.1, -0.05) is 26.0 Å². The third-order valence-corrected chi connectivity index (χ3v) is 1.71. The van der Waals surface area contributed by atoms with Gasteiger partial charge >= 0.3 is 0 Å². The van der Waals surface area contributed by atoms with Crippen LogP contribution in [0.25, 0.3) is 0 Å². The topological polar surface area (TPSA) is 23.8 Å². The third kappa shape index (κ3) is 2.91. The molecule has 0 aliphatic rings. The van der Waals surface area contributed by atoms with Crippen molar-refractivity contribution < 1.29 is 0 Å². The number of benzene rings is 1. The van der Waals surface area contributed by atoms with E-state index < -0.39 is 0 Å². The quantitative estimate of drug-likeness (QED) is 0.760. The first kappa shape index (κ1) is 11.6. The van der Waals surface area contributed by atoms with E-state index in [-0.39, 0.29) is 25.8 Å². The van der Waals surface area contributed by atoms with E-state index in [0.29, 0.717) is 5.92 Å². The van der Waals surface area contributed by atoms with Crippen molar-refractivity contribution in [1.82, 2.24) is 0 Å². The second-order valence-electron chi connectivity index (χ2n) is 2.89. The molecule has 1 rings (SSSR count). The van der Waals surface area contributed by atoms with E-state index in [2.05, 4.69) is 19.9 Å². The maximum absolute atomic E-state index is 8.52. The van der Waals surface area contributed by atoms with Crippen molar-refractivity contribution in [2.75, 3.05) is 0 Å². The fraction of sp³-hybridized carbons (Fsp3) is 0.300. The Labute approximate surface area is 92.2 Å². The van der Waals surface area contributed by atoms with E-state index in [1.807, 2.05) is 24.3 Å². The average molecular weight is 260 g/mol. The Morgan fingerprint density at radius 1 is 1.17 bits per heavy atom. The van der Waals surface area contributed by atoms with Crippen LogP contribution in [0, 0.1) is 11.3 Å². The molecule has 0 saturated heterocycles. The van der Waals surface area contributed by atoms with Gasteiger partial charge in [0.05, 0.1) is 11.6 Å². The maximum atomic E-state index is 8.52. The minimum atomic E-state index is 0. The molecular weight excluding hydrogens is 249 g/mol. The number of nitrogens with zero attached hydrogens (tertiary/aromatic N) is 1. The fourth-order valence-electron chi connectivity index (χ4n) is 0.943. The smallest absolute Gasteiger partial charge is 0.0991 e. The molecule has 0 N–H and O–H groups in total. The Morgan fingerprint density at radius 2 is 1.67 bits per heavy atom. The van der Waals surface area contributed by atoms with Crippen molar-refractivity contribution in [1.29, 1.82) is 5.26 Å². The number of hydrogen-bond acceptors (Lipinski definition) is 1. The van der Waals surface area contributed by atoms with Crippen LogP contribution >= 0.6 is 0 Å². The molecule has 0 bridgehead atoms. The van der Waals surface area contributed by atoms with Gasteiger partial charge in [0.1, 0.15) is 0 Å². The first-order valence-electron chi connectivity index (χ1n) is 3.74. The predicted molar refractivity (Wildman–Crippen MR) is 51.0 cm³/mol. The number of hydrogen-bond donors (Lipinski definition) is 0. The summed E-state index contributed by atoms with van der Waals surface area (Å²) in [5.74, 6) is 0.544. The third-order valence-electron chi connectivity index (χ3n) is 1.71. The zero-order chi connectivity index (χ0) is 8.27. The Morgan fingerprint density at radius 3 is 2.00 bits per heavy atom. The molecule has 0 heterocycles. The van der Waals surface area contributed by atoms with Gasteiger partial charge in [0.15, 0.2) is 0 Å². The maximum Gasteiger partial charge on any atom is 0.0991 e. The van der Waals surface area contributed by atoms with E-state index in [0.717, 1.165) is 5.56 Å². The molecule has 0 atom stereocenters. The van der Waals surface area contributed by atoms with Crippen molar-refractivity contribution >= 4 is 25.8 Å². The molecule has 0 spiro atoms. The van der Waals surface area contributed by atoms with Gasteiger partial charge in [-0.25, -0.2) is 0 Å². The molecule has 59 valence electrons. The van der Waals surface area contributed by atoms with Gasteiger partial charge in [-0.2, -0.15) is 5.26 Å². The van der Waals surface area contributed by atoms with Gasteiger partial charge in [-0.3, -0.25) is 0 Å². The molecular formula is C10H11InN. The molecule has 0 unspecified atom stereocenters. The molecule has 3 radical (unpaired) electrons. The number of nitriles is 1. The van der Waals surface area contributed by atoms with Gasteiger partial charge in [0.2, 0.25) is 0 Å². The largest absolute Gasteiger partial charge is 0.192 e. The molecule has 0 amide bonds. The van der Waals surface area contributed by atoms with E-state index in [9.17, 15) is 0 Å². The summed E-state index contributed by atoms with van der Waals surface area (Å²) >= 11 is 0. The Hall–Kier alpha value is -0.420. The molecule has 1 aromatic carbocycles. The number of rotatable bonds is 1. The second-order valence-corrected chi connectivity index (χ2v) is 2.89. The molecule has 0 saturated carbocycles. The minimum Gasteiger partial charge on any atom is -0.192 e. The van der Waals surface area contributed by atoms with Crippen LogP contribution in [0.2, 0.25) is 0 Å². The van der Waals surface area contributed by atoms with Crippen molar-refractivity contribution in [2.24, 2.45) is 0 Å². The van der Waals surface area contributed by atoms with Gasteiger partial charge in [0, 0.05) is 25.8 Å². The first-order valence-corrected chi connectivity index (χ1v) is 3.74. The minimum absolute atomic E-state index is 0. The summed E-state index contributed by atoms with van der Waals surface area (Å²) < 4.78 is 0. The second kappa shape index (κ2) is 5.27. The van der Waals surface area contributed by atoms with Gasteiger partial charge in [-0.15, -0.1) is 0 Å². The molecule has 0 aromatic heterocycles. The Balaban J connectivity index is 0.00000121. The summed E-state index contributed by atoms with van der Waals surface area (Å²) in [7, 11) is 0. The molecule has 12 heavy (non-hydrogen) atoms. The van der Waals surface area contributed by atoms with E-state index in [4.69, 9.17) is 5.26 Å². The first-order chi connectivity index (χ1) is 5.24. The zero-order valence-electron chi connectivity index (χ0n) is 7.41. The van der Waals surface area contributed by atoms with Crippen LogP contribution in [0.1, 0.15) is 30.9 Å². The van der Waals surface area contributed by atoms with Crippen LogP contribution < -0.4 is 0 Å². The fourth-order valence-corrected chi connectivity index (χ4v) is 0.943. The van der Waals surface area contributed by atoms with E-state index in [1.54, 1.807) is 0 Å². The average Bonchev–Trinajstić information content (AvgIpc) is 2.05. The summed E-state index contributed by atoms with van der Waals surface area (Å²) in [6.45, 7) is 4.28. The summed E-state index contributed by atoms with van der Waals surface area (Å²) in [6.07, 6.45) is 0. The van der Waals surface area contributed by atoms with Crippen molar-refractivity contribution in [3.05, 3.63) is 35.4 Å². The molecule has 0 aliphatic carbocycles. The normalized spacial score (nSPS) is 8.83. The Kier molecular flexibility index (Phi) is 5.08. The Bertz CT molecular complexity index is 269. The van der Waals surface area contributed by atoms with Crippen LogP contribution in [-0.2, 0) is 0 Å². The molecule has 2 heteroatoms. The monoisotopic (exact) mass is 260 g/mol. The van der Waals surface area contributed by atoms with E-state index >= 15 is 0 Å². The molecule has 1 aromatic rings. The van der Waals surface area contributed by atoms with Crippen molar-refractivity contribution in [3.63, 3.8) is 0 Å². The van der Waals surface area contributed by atoms with Crippen LogP contribution in [0.4, 0.5) is 0 Å². The SMILES string of the molecule is CC(C)c1ccc(C#N)cc1.[In]. The van der Waals surface area contributed by atoms with Gasteiger partial charge < -0.3 is 0 Å². The summed E-state index contributed by atoms with van der Waals surface area (Å²) in [4.78, 5) is 0. The summed E-state index contributed by atoms with van der Waals surface area (Å²) in [6, 6.07) is 9.81.